The van der Waals surface area contributed by atoms with Crippen molar-refractivity contribution in [1.29, 1.82) is 0 Å². The van der Waals surface area contributed by atoms with Crippen LogP contribution >= 0.6 is 11.8 Å². The molecule has 4 nitrogen and oxygen atoms in total. The van der Waals surface area contributed by atoms with Gasteiger partial charge in [0.1, 0.15) is 11.1 Å². The van der Waals surface area contributed by atoms with Crippen LogP contribution in [0.25, 0.3) is 0 Å². The minimum absolute atomic E-state index is 0.00329. The Labute approximate surface area is 133 Å². The first-order chi connectivity index (χ1) is 9.91. The maximum atomic E-state index is 13.0. The summed E-state index contributed by atoms with van der Waals surface area (Å²) in [5, 5.41) is 3.02. The smallest absolute Gasteiger partial charge is 0.249 e. The van der Waals surface area contributed by atoms with Gasteiger partial charge in [-0.3, -0.25) is 9.59 Å². The van der Waals surface area contributed by atoms with E-state index in [0.717, 1.165) is 17.9 Å². The topological polar surface area (TPSA) is 49.4 Å². The minimum atomic E-state index is -0.707. The quantitative estimate of drug-likeness (QED) is 0.701. The van der Waals surface area contributed by atoms with Gasteiger partial charge in [-0.25, -0.2) is 0 Å². The second-order valence-electron chi connectivity index (χ2n) is 5.88. The summed E-state index contributed by atoms with van der Waals surface area (Å²) >= 11 is 1.88. The summed E-state index contributed by atoms with van der Waals surface area (Å²) < 4.78 is 0. The molecule has 5 heteroatoms. The fraction of sp³-hybridized carbons (Fsp3) is 0.875. The van der Waals surface area contributed by atoms with Gasteiger partial charge in [-0.05, 0) is 44.1 Å². The van der Waals surface area contributed by atoms with Crippen molar-refractivity contribution in [3.63, 3.8) is 0 Å². The molecular weight excluding hydrogens is 284 g/mol. The van der Waals surface area contributed by atoms with E-state index in [1.807, 2.05) is 44.4 Å². The van der Waals surface area contributed by atoms with Crippen molar-refractivity contribution >= 4 is 23.6 Å². The molecule has 0 radical (unpaired) electrons. The number of carbonyl (C=O) groups is 2. The van der Waals surface area contributed by atoms with E-state index in [0.29, 0.717) is 25.8 Å². The van der Waals surface area contributed by atoms with Crippen LogP contribution < -0.4 is 5.32 Å². The average molecular weight is 314 g/mol. The van der Waals surface area contributed by atoms with Crippen LogP contribution in [0.1, 0.15) is 60.3 Å². The number of nitrogens with one attached hydrogen (secondary N) is 1. The Morgan fingerprint density at radius 1 is 1.10 bits per heavy atom. The maximum Gasteiger partial charge on any atom is 0.249 e. The molecule has 0 aliphatic carbocycles. The molecule has 1 fully saturated rings. The Balaban J connectivity index is 2.99. The van der Waals surface area contributed by atoms with Crippen LogP contribution in [0.4, 0.5) is 0 Å². The Morgan fingerprint density at radius 2 is 1.71 bits per heavy atom. The first-order valence-electron chi connectivity index (χ1n) is 8.14. The Morgan fingerprint density at radius 3 is 2.19 bits per heavy atom. The summed E-state index contributed by atoms with van der Waals surface area (Å²) in [5.41, 5.74) is -1.41. The highest BCUT2D eigenvalue weighted by Gasteiger charge is 2.53. The van der Waals surface area contributed by atoms with E-state index in [-0.39, 0.29) is 11.8 Å². The van der Waals surface area contributed by atoms with Crippen LogP contribution in [0.3, 0.4) is 0 Å². The number of hydrogen-bond acceptors (Lipinski definition) is 3. The SMILES string of the molecule is CCSCCCN1C(=O)C(CC)(CC)NC(=O)C1(C)CC. The summed E-state index contributed by atoms with van der Waals surface area (Å²) in [6.45, 7) is 10.6. The van der Waals surface area contributed by atoms with Gasteiger partial charge in [0, 0.05) is 6.54 Å². The van der Waals surface area contributed by atoms with Crippen molar-refractivity contribution < 1.29 is 9.59 Å². The Bertz CT molecular complexity index is 382. The molecule has 0 saturated carbocycles. The van der Waals surface area contributed by atoms with Gasteiger partial charge in [-0.1, -0.05) is 27.7 Å². The molecule has 1 aliphatic rings. The van der Waals surface area contributed by atoms with E-state index >= 15 is 0 Å². The molecule has 1 rings (SSSR count). The monoisotopic (exact) mass is 314 g/mol. The zero-order chi connectivity index (χ0) is 16.1. The van der Waals surface area contributed by atoms with E-state index in [9.17, 15) is 9.59 Å². The maximum absolute atomic E-state index is 13.0. The van der Waals surface area contributed by atoms with Crippen LogP contribution in [0, 0.1) is 0 Å². The van der Waals surface area contributed by atoms with Crippen LogP contribution in [-0.4, -0.2) is 45.8 Å². The zero-order valence-corrected chi connectivity index (χ0v) is 14.9. The zero-order valence-electron chi connectivity index (χ0n) is 14.1. The highest BCUT2D eigenvalue weighted by atomic mass is 32.2. The van der Waals surface area contributed by atoms with Gasteiger partial charge in [0.25, 0.3) is 0 Å². The molecule has 1 heterocycles. The van der Waals surface area contributed by atoms with Crippen molar-refractivity contribution in [2.24, 2.45) is 0 Å². The van der Waals surface area contributed by atoms with E-state index < -0.39 is 11.1 Å². The van der Waals surface area contributed by atoms with Gasteiger partial charge in [0.05, 0.1) is 0 Å². The first-order valence-corrected chi connectivity index (χ1v) is 9.29. The summed E-state index contributed by atoms with van der Waals surface area (Å²) in [6.07, 6.45) is 2.88. The second-order valence-corrected chi connectivity index (χ2v) is 7.27. The van der Waals surface area contributed by atoms with Crippen molar-refractivity contribution in [2.75, 3.05) is 18.1 Å². The van der Waals surface area contributed by atoms with Gasteiger partial charge in [-0.2, -0.15) is 11.8 Å². The lowest BCUT2D eigenvalue weighted by molar-refractivity contribution is -0.163. The first kappa shape index (κ1) is 18.3. The van der Waals surface area contributed by atoms with Crippen LogP contribution in [-0.2, 0) is 9.59 Å². The Kier molecular flexibility index (Phi) is 6.57. The number of hydrogen-bond donors (Lipinski definition) is 1. The highest BCUT2D eigenvalue weighted by Crippen LogP contribution is 2.32. The van der Waals surface area contributed by atoms with E-state index in [4.69, 9.17) is 0 Å². The van der Waals surface area contributed by atoms with Gasteiger partial charge in [-0.15, -0.1) is 0 Å². The number of nitrogens with zero attached hydrogens (tertiary/aromatic N) is 1. The van der Waals surface area contributed by atoms with Crippen LogP contribution in [0.5, 0.6) is 0 Å². The summed E-state index contributed by atoms with van der Waals surface area (Å²) in [4.78, 5) is 27.5. The van der Waals surface area contributed by atoms with Gasteiger partial charge < -0.3 is 10.2 Å². The van der Waals surface area contributed by atoms with Gasteiger partial charge >= 0.3 is 0 Å². The van der Waals surface area contributed by atoms with Crippen LogP contribution in [0.2, 0.25) is 0 Å². The van der Waals surface area contributed by atoms with E-state index in [1.54, 1.807) is 0 Å². The minimum Gasteiger partial charge on any atom is -0.340 e. The molecule has 2 amide bonds. The third kappa shape index (κ3) is 3.38. The number of thioether (sulfide) groups is 1. The molecule has 0 aromatic heterocycles. The lowest BCUT2D eigenvalue weighted by Gasteiger charge is -2.51. The second kappa shape index (κ2) is 7.52. The molecule has 0 aromatic rings. The molecule has 1 aliphatic heterocycles. The molecule has 1 saturated heterocycles. The summed E-state index contributed by atoms with van der Waals surface area (Å²) in [7, 11) is 0. The lowest BCUT2D eigenvalue weighted by Crippen LogP contribution is -2.74. The molecular formula is C16H30N2O2S. The van der Waals surface area contributed by atoms with Crippen molar-refractivity contribution in [3.8, 4) is 0 Å². The molecule has 21 heavy (non-hydrogen) atoms. The third-order valence-electron chi connectivity index (χ3n) is 4.86. The van der Waals surface area contributed by atoms with Crippen molar-refractivity contribution in [1.82, 2.24) is 10.2 Å². The Hall–Kier alpha value is -0.710. The normalized spacial score (nSPS) is 25.1. The summed E-state index contributed by atoms with van der Waals surface area (Å²) in [6, 6.07) is 0. The van der Waals surface area contributed by atoms with Crippen LogP contribution in [0.15, 0.2) is 0 Å². The summed E-state index contributed by atoms with van der Waals surface area (Å²) in [5.74, 6) is 2.22. The molecule has 122 valence electrons. The number of carbonyl (C=O) groups excluding carboxylic acids is 2. The average Bonchev–Trinajstić information content (AvgIpc) is 2.50. The van der Waals surface area contributed by atoms with Crippen molar-refractivity contribution in [2.45, 2.75) is 71.4 Å². The number of amides is 2. The molecule has 1 N–H and O–H groups in total. The third-order valence-corrected chi connectivity index (χ3v) is 5.85. The van der Waals surface area contributed by atoms with E-state index in [2.05, 4.69) is 12.2 Å². The molecule has 0 aromatic carbocycles. The molecule has 1 atom stereocenters. The fourth-order valence-corrected chi connectivity index (χ4v) is 3.53. The van der Waals surface area contributed by atoms with E-state index in [1.165, 1.54) is 0 Å². The number of rotatable bonds is 8. The molecule has 0 spiro atoms. The lowest BCUT2D eigenvalue weighted by atomic mass is 9.81. The number of piperazine rings is 1. The molecule has 1 unspecified atom stereocenters. The fourth-order valence-electron chi connectivity index (χ4n) is 2.91. The molecule has 0 bridgehead atoms. The van der Waals surface area contributed by atoms with Crippen molar-refractivity contribution in [3.05, 3.63) is 0 Å². The van der Waals surface area contributed by atoms with Gasteiger partial charge in [0.2, 0.25) is 11.8 Å². The largest absolute Gasteiger partial charge is 0.340 e. The highest BCUT2D eigenvalue weighted by molar-refractivity contribution is 7.99. The standard InChI is InChI=1S/C16H30N2O2S/c1-6-15(5)13(19)17-16(7-2,8-3)14(20)18(15)11-10-12-21-9-4/h6-12H2,1-5H3,(H,17,19). The predicted molar refractivity (Wildman–Crippen MR) is 89.5 cm³/mol. The van der Waals surface area contributed by atoms with Gasteiger partial charge in [0.15, 0.2) is 0 Å². The predicted octanol–water partition coefficient (Wildman–Crippen LogP) is 2.82.